The first-order valence-electron chi connectivity index (χ1n) is 8.43. The molecule has 0 aromatic heterocycles. The van der Waals surface area contributed by atoms with Gasteiger partial charge in [0, 0.05) is 18.7 Å². The Morgan fingerprint density at radius 2 is 2.12 bits per heavy atom. The van der Waals surface area contributed by atoms with Crippen molar-refractivity contribution in [1.82, 2.24) is 10.2 Å². The predicted octanol–water partition coefficient (Wildman–Crippen LogP) is 1.34. The first-order chi connectivity index (χ1) is 12.0. The van der Waals surface area contributed by atoms with Crippen LogP contribution in [0.5, 0.6) is 0 Å². The number of nitrogens with zero attached hydrogens (tertiary/aromatic N) is 1. The molecule has 1 N–H and O–H groups in total. The lowest BCUT2D eigenvalue weighted by Crippen LogP contribution is -2.47. The van der Waals surface area contributed by atoms with Gasteiger partial charge in [-0.15, -0.1) is 11.8 Å². The van der Waals surface area contributed by atoms with Crippen LogP contribution in [0.3, 0.4) is 0 Å². The van der Waals surface area contributed by atoms with Crippen molar-refractivity contribution in [3.63, 3.8) is 0 Å². The molecule has 2 amide bonds. The highest BCUT2D eigenvalue weighted by Gasteiger charge is 2.53. The number of ether oxygens (including phenoxy) is 1. The molecule has 0 aliphatic carbocycles. The van der Waals surface area contributed by atoms with E-state index in [2.05, 4.69) is 5.32 Å². The Bertz CT molecular complexity index is 666. The summed E-state index contributed by atoms with van der Waals surface area (Å²) < 4.78 is 5.13. The van der Waals surface area contributed by atoms with E-state index in [4.69, 9.17) is 4.74 Å². The summed E-state index contributed by atoms with van der Waals surface area (Å²) in [7, 11) is 0. The maximum Gasteiger partial charge on any atom is 0.330 e. The second kappa shape index (κ2) is 7.47. The molecule has 7 heteroatoms. The maximum atomic E-state index is 12.3. The van der Waals surface area contributed by atoms with Crippen LogP contribution in [-0.2, 0) is 25.5 Å². The topological polar surface area (TPSA) is 75.7 Å². The molecule has 1 aromatic rings. The first-order valence-corrected chi connectivity index (χ1v) is 9.41. The minimum Gasteiger partial charge on any atom is -0.454 e. The smallest absolute Gasteiger partial charge is 0.330 e. The highest BCUT2D eigenvalue weighted by Crippen LogP contribution is 2.47. The summed E-state index contributed by atoms with van der Waals surface area (Å²) in [5, 5.41) is 2.74. The van der Waals surface area contributed by atoms with Crippen LogP contribution < -0.4 is 5.32 Å². The van der Waals surface area contributed by atoms with Crippen LogP contribution in [0.15, 0.2) is 30.3 Å². The van der Waals surface area contributed by atoms with Crippen LogP contribution in [0.1, 0.15) is 25.3 Å². The molecule has 0 bridgehead atoms. The molecule has 1 aromatic carbocycles. The van der Waals surface area contributed by atoms with Gasteiger partial charge in [-0.2, -0.15) is 0 Å². The first kappa shape index (κ1) is 17.8. The van der Waals surface area contributed by atoms with E-state index < -0.39 is 12.0 Å². The van der Waals surface area contributed by atoms with Gasteiger partial charge in [0.25, 0.3) is 5.91 Å². The number of rotatable bonds is 6. The molecule has 6 nitrogen and oxygen atoms in total. The minimum atomic E-state index is -0.581. The molecule has 0 radical (unpaired) electrons. The van der Waals surface area contributed by atoms with Gasteiger partial charge in [0.15, 0.2) is 6.61 Å². The third kappa shape index (κ3) is 3.98. The molecule has 134 valence electrons. The van der Waals surface area contributed by atoms with Gasteiger partial charge in [0.2, 0.25) is 5.91 Å². The molecule has 0 unspecified atom stereocenters. The summed E-state index contributed by atoms with van der Waals surface area (Å²) in [6, 6.07) is 9.25. The fraction of sp³-hybridized carbons (Fsp3) is 0.500. The molecule has 0 saturated carbocycles. The molecule has 25 heavy (non-hydrogen) atoms. The Labute approximate surface area is 151 Å². The number of hydrogen-bond donors (Lipinski definition) is 1. The second-order valence-corrected chi connectivity index (χ2v) is 7.96. The van der Waals surface area contributed by atoms with Crippen molar-refractivity contribution in [2.45, 2.75) is 37.1 Å². The highest BCUT2D eigenvalue weighted by molar-refractivity contribution is 8.01. The number of benzene rings is 1. The average Bonchev–Trinajstić information content (AvgIpc) is 3.10. The normalized spacial score (nSPS) is 24.9. The predicted molar refractivity (Wildman–Crippen MR) is 94.8 cm³/mol. The fourth-order valence-electron chi connectivity index (χ4n) is 3.27. The van der Waals surface area contributed by atoms with Gasteiger partial charge in [-0.1, -0.05) is 30.3 Å². The van der Waals surface area contributed by atoms with E-state index in [1.165, 1.54) is 0 Å². The van der Waals surface area contributed by atoms with E-state index in [1.54, 1.807) is 16.7 Å². The van der Waals surface area contributed by atoms with E-state index in [0.29, 0.717) is 18.7 Å². The quantitative estimate of drug-likeness (QED) is 0.773. The molecular weight excluding hydrogens is 340 g/mol. The standard InChI is InChI=1S/C18H22N2O4S/c1-18-9-7-16(22)20(18)14(12-25-18)17(23)24-11-15(21)19-10-8-13-5-3-2-4-6-13/h2-6,14H,7-12H2,1H3,(H,19,21)/t14-,18+/m1/s1. The molecular formula is C18H22N2O4S. The van der Waals surface area contributed by atoms with Gasteiger partial charge >= 0.3 is 5.97 Å². The van der Waals surface area contributed by atoms with Crippen molar-refractivity contribution in [3.8, 4) is 0 Å². The highest BCUT2D eigenvalue weighted by atomic mass is 32.2. The Balaban J connectivity index is 1.41. The molecule has 3 rings (SSSR count). The number of nitrogens with one attached hydrogen (secondary N) is 1. The lowest BCUT2D eigenvalue weighted by atomic mass is 10.1. The van der Waals surface area contributed by atoms with Crippen LogP contribution in [0, 0.1) is 0 Å². The summed E-state index contributed by atoms with van der Waals surface area (Å²) in [6.07, 6.45) is 1.94. The van der Waals surface area contributed by atoms with Crippen molar-refractivity contribution in [2.75, 3.05) is 18.9 Å². The van der Waals surface area contributed by atoms with Gasteiger partial charge in [0.1, 0.15) is 6.04 Å². The third-order valence-corrected chi connectivity index (χ3v) is 6.15. The fourth-order valence-corrected chi connectivity index (χ4v) is 4.69. The van der Waals surface area contributed by atoms with Crippen molar-refractivity contribution in [1.29, 1.82) is 0 Å². The Morgan fingerprint density at radius 3 is 2.88 bits per heavy atom. The van der Waals surface area contributed by atoms with Crippen LogP contribution in [0.2, 0.25) is 0 Å². The summed E-state index contributed by atoms with van der Waals surface area (Å²) in [4.78, 5) is 37.4. The van der Waals surface area contributed by atoms with E-state index in [-0.39, 0.29) is 23.3 Å². The van der Waals surface area contributed by atoms with Crippen molar-refractivity contribution >= 4 is 29.5 Å². The molecule has 2 heterocycles. The molecule has 2 atom stereocenters. The zero-order valence-electron chi connectivity index (χ0n) is 14.2. The van der Waals surface area contributed by atoms with Gasteiger partial charge < -0.3 is 15.0 Å². The van der Waals surface area contributed by atoms with Crippen LogP contribution in [-0.4, -0.2) is 52.5 Å². The Hall–Kier alpha value is -2.02. The van der Waals surface area contributed by atoms with Crippen molar-refractivity contribution < 1.29 is 19.1 Å². The molecule has 2 aliphatic rings. The summed E-state index contributed by atoms with van der Waals surface area (Å²) in [6.45, 7) is 2.15. The summed E-state index contributed by atoms with van der Waals surface area (Å²) in [5.41, 5.74) is 1.13. The number of amides is 2. The second-order valence-electron chi connectivity index (χ2n) is 6.46. The molecule has 0 spiro atoms. The largest absolute Gasteiger partial charge is 0.454 e. The lowest BCUT2D eigenvalue weighted by molar-refractivity contribution is -0.156. The van der Waals surface area contributed by atoms with Gasteiger partial charge in [-0.3, -0.25) is 9.59 Å². The molecule has 2 fully saturated rings. The summed E-state index contributed by atoms with van der Waals surface area (Å²) in [5.74, 6) is -0.312. The van der Waals surface area contributed by atoms with Crippen LogP contribution in [0.25, 0.3) is 0 Å². The number of thioether (sulfide) groups is 1. The van der Waals surface area contributed by atoms with E-state index in [9.17, 15) is 14.4 Å². The van der Waals surface area contributed by atoms with Crippen molar-refractivity contribution in [2.24, 2.45) is 0 Å². The zero-order chi connectivity index (χ0) is 17.9. The van der Waals surface area contributed by atoms with E-state index in [1.807, 2.05) is 37.3 Å². The monoisotopic (exact) mass is 362 g/mol. The Morgan fingerprint density at radius 1 is 1.36 bits per heavy atom. The number of hydrogen-bond acceptors (Lipinski definition) is 5. The van der Waals surface area contributed by atoms with Gasteiger partial charge in [0.05, 0.1) is 4.87 Å². The number of carbonyl (C=O) groups excluding carboxylic acids is 3. The number of fused-ring (bicyclic) bond motifs is 1. The third-order valence-electron chi connectivity index (χ3n) is 4.64. The molecule has 2 saturated heterocycles. The maximum absolute atomic E-state index is 12.3. The number of carbonyl (C=O) groups is 3. The lowest BCUT2D eigenvalue weighted by Gasteiger charge is -2.29. The Kier molecular flexibility index (Phi) is 5.32. The van der Waals surface area contributed by atoms with Crippen LogP contribution >= 0.6 is 11.8 Å². The SMILES string of the molecule is C[C@]12CCC(=O)N1[C@@H](C(=O)OCC(=O)NCCc1ccccc1)CS2. The average molecular weight is 362 g/mol. The van der Waals surface area contributed by atoms with Crippen LogP contribution in [0.4, 0.5) is 0 Å². The summed E-state index contributed by atoms with van der Waals surface area (Å²) >= 11 is 1.60. The number of esters is 1. The molecule has 2 aliphatic heterocycles. The van der Waals surface area contributed by atoms with Gasteiger partial charge in [-0.25, -0.2) is 4.79 Å². The van der Waals surface area contributed by atoms with E-state index >= 15 is 0 Å². The van der Waals surface area contributed by atoms with Gasteiger partial charge in [-0.05, 0) is 25.3 Å². The van der Waals surface area contributed by atoms with E-state index in [0.717, 1.165) is 18.4 Å². The minimum absolute atomic E-state index is 0.0123. The van der Waals surface area contributed by atoms with Crippen molar-refractivity contribution in [3.05, 3.63) is 35.9 Å². The zero-order valence-corrected chi connectivity index (χ0v) is 15.0.